The molecule has 3 rings (SSSR count). The zero-order valence-electron chi connectivity index (χ0n) is 19.1. The summed E-state index contributed by atoms with van der Waals surface area (Å²) in [5, 5.41) is 13.4. The van der Waals surface area contributed by atoms with Crippen LogP contribution in [-0.4, -0.2) is 30.4 Å². The van der Waals surface area contributed by atoms with Crippen LogP contribution >= 0.6 is 15.9 Å². The lowest BCUT2D eigenvalue weighted by molar-refractivity contribution is 0.00264. The third-order valence-corrected chi connectivity index (χ3v) is 6.17. The summed E-state index contributed by atoms with van der Waals surface area (Å²) in [6, 6.07) is 7.78. The van der Waals surface area contributed by atoms with E-state index in [9.17, 15) is 14.9 Å². The number of nitrogens with one attached hydrogen (secondary N) is 1. The monoisotopic (exact) mass is 529 g/mol. The quantitative estimate of drug-likeness (QED) is 0.108. The lowest BCUT2D eigenvalue weighted by atomic mass is 9.81. The van der Waals surface area contributed by atoms with Crippen LogP contribution < -0.4 is 15.0 Å². The molecule has 10 heteroatoms. The van der Waals surface area contributed by atoms with E-state index < -0.39 is 17.5 Å². The highest BCUT2D eigenvalue weighted by Gasteiger charge is 2.37. The molecule has 1 atom stereocenters. The van der Waals surface area contributed by atoms with Gasteiger partial charge in [-0.05, 0) is 51.4 Å². The predicted octanol–water partition coefficient (Wildman–Crippen LogP) is 6.32. The van der Waals surface area contributed by atoms with Crippen molar-refractivity contribution in [3.05, 3.63) is 69.8 Å². The minimum Gasteiger partial charge on any atom is -0.496 e. The molecule has 2 aromatic carbocycles. The normalized spacial score (nSPS) is 12.1. The Bertz CT molecular complexity index is 1260. The second-order valence-electron chi connectivity index (χ2n) is 7.94. The van der Waals surface area contributed by atoms with Crippen molar-refractivity contribution < 1.29 is 24.2 Å². The Morgan fingerprint density at radius 3 is 2.56 bits per heavy atom. The Hall–Kier alpha value is -3.50. The molecule has 1 heterocycles. The summed E-state index contributed by atoms with van der Waals surface area (Å²) in [5.74, 6) is -0.0858. The van der Waals surface area contributed by atoms with Crippen LogP contribution in [0.25, 0.3) is 10.8 Å². The van der Waals surface area contributed by atoms with E-state index in [1.807, 2.05) is 13.8 Å². The number of halogens is 1. The maximum absolute atomic E-state index is 13.1. The van der Waals surface area contributed by atoms with Gasteiger partial charge in [-0.15, -0.1) is 11.5 Å². The fraction of sp³-hybridized carbons (Fsp3) is 0.250. The number of carbonyl (C=O) groups excluding carboxylic acids is 1. The van der Waals surface area contributed by atoms with Crippen LogP contribution in [-0.2, 0) is 4.74 Å². The van der Waals surface area contributed by atoms with Crippen molar-refractivity contribution in [3.63, 3.8) is 0 Å². The number of aromatic nitrogens is 1. The Kier molecular flexibility index (Phi) is 7.53. The number of hydrogen-bond acceptors (Lipinski definition) is 9. The van der Waals surface area contributed by atoms with Gasteiger partial charge in [0.2, 0.25) is 0 Å². The molecule has 0 saturated heterocycles. The number of pyridine rings is 1. The SMILES string of the molecule is C=CC(C)(C)C(OC(=O)c1cccnc1Br)c1cc(OC)c2c(NO)ccc(N=O)c2c1OC. The molecule has 9 nitrogen and oxygen atoms in total. The number of ether oxygens (including phenoxy) is 3. The zero-order chi connectivity index (χ0) is 25.0. The standard InChI is InChI=1S/C24H24BrN3O6/c1-6-24(2,3)21(34-23(29)13-8-7-11-26-22(13)25)14-12-17(32-4)18-15(27-30)9-10-16(28-31)19(18)20(14)33-5/h6-12,21,27,30H,1H2,2-5H3. The van der Waals surface area contributed by atoms with Gasteiger partial charge in [-0.25, -0.2) is 9.78 Å². The van der Waals surface area contributed by atoms with E-state index in [0.29, 0.717) is 21.3 Å². The van der Waals surface area contributed by atoms with Crippen molar-refractivity contribution in [3.8, 4) is 11.5 Å². The highest BCUT2D eigenvalue weighted by atomic mass is 79.9. The zero-order valence-corrected chi connectivity index (χ0v) is 20.7. The molecule has 0 amide bonds. The summed E-state index contributed by atoms with van der Waals surface area (Å²) in [7, 11) is 2.87. The third-order valence-electron chi connectivity index (χ3n) is 5.54. The molecule has 0 aliphatic carbocycles. The van der Waals surface area contributed by atoms with Crippen molar-refractivity contribution in [2.75, 3.05) is 19.7 Å². The summed E-state index contributed by atoms with van der Waals surface area (Å²) < 4.78 is 17.6. The van der Waals surface area contributed by atoms with E-state index in [-0.39, 0.29) is 28.1 Å². The van der Waals surface area contributed by atoms with Crippen molar-refractivity contribution in [1.29, 1.82) is 0 Å². The van der Waals surface area contributed by atoms with Gasteiger partial charge < -0.3 is 14.2 Å². The van der Waals surface area contributed by atoms with Gasteiger partial charge in [0.05, 0.1) is 36.2 Å². The fourth-order valence-corrected chi connectivity index (χ4v) is 4.09. The summed E-state index contributed by atoms with van der Waals surface area (Å²) >= 11 is 3.27. The minimum atomic E-state index is -0.914. The summed E-state index contributed by atoms with van der Waals surface area (Å²) in [5.41, 5.74) is 2.32. The van der Waals surface area contributed by atoms with Gasteiger partial charge in [-0.1, -0.05) is 19.9 Å². The second kappa shape index (κ2) is 10.2. The number of methoxy groups -OCH3 is 2. The van der Waals surface area contributed by atoms with E-state index in [0.717, 1.165) is 0 Å². The molecule has 0 aliphatic heterocycles. The van der Waals surface area contributed by atoms with E-state index in [1.54, 1.807) is 30.5 Å². The fourth-order valence-electron chi connectivity index (χ4n) is 3.68. The molecule has 0 aliphatic rings. The van der Waals surface area contributed by atoms with E-state index in [2.05, 4.69) is 38.1 Å². The number of nitroso groups, excluding NO2 is 1. The molecule has 0 bridgehead atoms. The topological polar surface area (TPSA) is 119 Å². The first-order chi connectivity index (χ1) is 16.2. The van der Waals surface area contributed by atoms with Crippen molar-refractivity contribution in [2.24, 2.45) is 10.6 Å². The first kappa shape index (κ1) is 25.1. The lowest BCUT2D eigenvalue weighted by Crippen LogP contribution is -2.26. The molecule has 178 valence electrons. The van der Waals surface area contributed by atoms with Crippen LogP contribution in [0.4, 0.5) is 11.4 Å². The van der Waals surface area contributed by atoms with Crippen molar-refractivity contribution in [2.45, 2.75) is 20.0 Å². The van der Waals surface area contributed by atoms with Gasteiger partial charge in [0, 0.05) is 17.2 Å². The van der Waals surface area contributed by atoms with Crippen LogP contribution in [0.15, 0.2) is 59.0 Å². The van der Waals surface area contributed by atoms with E-state index in [1.165, 1.54) is 26.4 Å². The number of benzene rings is 2. The van der Waals surface area contributed by atoms with E-state index in [4.69, 9.17) is 14.2 Å². The van der Waals surface area contributed by atoms with Crippen LogP contribution in [0.3, 0.4) is 0 Å². The maximum atomic E-state index is 13.1. The average molecular weight is 530 g/mol. The molecular weight excluding hydrogens is 506 g/mol. The largest absolute Gasteiger partial charge is 0.496 e. The van der Waals surface area contributed by atoms with Crippen LogP contribution in [0, 0.1) is 10.3 Å². The Morgan fingerprint density at radius 2 is 2.00 bits per heavy atom. The number of rotatable bonds is 9. The molecule has 1 aromatic heterocycles. The van der Waals surface area contributed by atoms with Crippen LogP contribution in [0.1, 0.15) is 35.9 Å². The summed E-state index contributed by atoms with van der Waals surface area (Å²) in [6.07, 6.45) is 2.29. The van der Waals surface area contributed by atoms with Crippen molar-refractivity contribution in [1.82, 2.24) is 4.98 Å². The first-order valence-corrected chi connectivity index (χ1v) is 10.9. The summed E-state index contributed by atoms with van der Waals surface area (Å²) in [6.45, 7) is 7.59. The Balaban J connectivity index is 2.34. The number of esters is 1. The molecule has 0 fully saturated rings. The highest BCUT2D eigenvalue weighted by molar-refractivity contribution is 9.10. The highest BCUT2D eigenvalue weighted by Crippen LogP contribution is 2.51. The Morgan fingerprint density at radius 1 is 1.26 bits per heavy atom. The summed E-state index contributed by atoms with van der Waals surface area (Å²) in [4.78, 5) is 28.9. The van der Waals surface area contributed by atoms with Gasteiger partial charge in [0.1, 0.15) is 27.9 Å². The Labute approximate surface area is 204 Å². The average Bonchev–Trinajstić information content (AvgIpc) is 2.85. The predicted molar refractivity (Wildman–Crippen MR) is 132 cm³/mol. The molecule has 3 aromatic rings. The molecule has 0 radical (unpaired) electrons. The van der Waals surface area contributed by atoms with Crippen molar-refractivity contribution >= 4 is 44.0 Å². The van der Waals surface area contributed by atoms with Gasteiger partial charge in [-0.3, -0.25) is 10.7 Å². The number of anilines is 1. The molecule has 1 unspecified atom stereocenters. The number of fused-ring (bicyclic) bond motifs is 1. The molecule has 34 heavy (non-hydrogen) atoms. The van der Waals surface area contributed by atoms with Gasteiger partial charge in [-0.2, -0.15) is 0 Å². The van der Waals surface area contributed by atoms with Crippen LogP contribution in [0.2, 0.25) is 0 Å². The maximum Gasteiger partial charge on any atom is 0.341 e. The molecule has 2 N–H and O–H groups in total. The van der Waals surface area contributed by atoms with Gasteiger partial charge >= 0.3 is 5.97 Å². The van der Waals surface area contributed by atoms with E-state index >= 15 is 0 Å². The first-order valence-electron chi connectivity index (χ1n) is 10.1. The smallest absolute Gasteiger partial charge is 0.341 e. The minimum absolute atomic E-state index is 0.0579. The number of hydrogen-bond donors (Lipinski definition) is 2. The molecule has 0 saturated carbocycles. The molecule has 0 spiro atoms. The lowest BCUT2D eigenvalue weighted by Gasteiger charge is -2.33. The van der Waals surface area contributed by atoms with Crippen LogP contribution in [0.5, 0.6) is 11.5 Å². The van der Waals surface area contributed by atoms with Gasteiger partial charge in [0.25, 0.3) is 0 Å². The van der Waals surface area contributed by atoms with Gasteiger partial charge in [0.15, 0.2) is 0 Å². The second-order valence-corrected chi connectivity index (χ2v) is 8.69. The molecular formula is C24H24BrN3O6. The third kappa shape index (κ3) is 4.46. The number of nitrogens with zero attached hydrogens (tertiary/aromatic N) is 2. The number of carbonyl (C=O) groups is 1.